The van der Waals surface area contributed by atoms with Gasteiger partial charge in [-0.25, -0.2) is 9.97 Å². The fourth-order valence-corrected chi connectivity index (χ4v) is 1.60. The molecule has 0 spiro atoms. The Morgan fingerprint density at radius 3 is 2.56 bits per heavy atom. The Morgan fingerprint density at radius 2 is 1.89 bits per heavy atom. The van der Waals surface area contributed by atoms with Gasteiger partial charge in [0.1, 0.15) is 6.33 Å². The number of nitrogens with two attached hydrogens (primary N) is 1. The van der Waals surface area contributed by atoms with Gasteiger partial charge >= 0.3 is 0 Å². The Balaban J connectivity index is 2.30. The highest BCUT2D eigenvalue weighted by atomic mass is 16.1. The molecular weight excluding hydrogens is 228 g/mol. The zero-order chi connectivity index (χ0) is 13.1. The molecule has 92 valence electrons. The second kappa shape index (κ2) is 4.83. The molecule has 0 bridgehead atoms. The van der Waals surface area contributed by atoms with Crippen molar-refractivity contribution in [2.45, 2.75) is 13.8 Å². The van der Waals surface area contributed by atoms with Crippen LogP contribution >= 0.6 is 0 Å². The fourth-order valence-electron chi connectivity index (χ4n) is 1.60. The minimum absolute atomic E-state index is 0.268. The Kier molecular flexibility index (Phi) is 3.23. The minimum atomic E-state index is -0.268. The van der Waals surface area contributed by atoms with Crippen molar-refractivity contribution in [2.24, 2.45) is 0 Å². The summed E-state index contributed by atoms with van der Waals surface area (Å²) in [5, 5.41) is 2.79. The fraction of sp³-hybridized carbons (Fsp3) is 0.154. The van der Waals surface area contributed by atoms with Crippen LogP contribution in [-0.2, 0) is 0 Å². The molecule has 1 aromatic heterocycles. The van der Waals surface area contributed by atoms with E-state index in [4.69, 9.17) is 5.73 Å². The molecule has 1 amide bonds. The third kappa shape index (κ3) is 2.29. The monoisotopic (exact) mass is 242 g/mol. The van der Waals surface area contributed by atoms with Crippen LogP contribution in [0, 0.1) is 13.8 Å². The molecule has 3 N–H and O–H groups in total. The van der Waals surface area contributed by atoms with E-state index in [1.165, 1.54) is 18.7 Å². The minimum Gasteiger partial charge on any atom is -0.397 e. The van der Waals surface area contributed by atoms with Gasteiger partial charge in [0.2, 0.25) is 0 Å². The van der Waals surface area contributed by atoms with E-state index in [1.54, 1.807) is 6.07 Å². The predicted molar refractivity (Wildman–Crippen MR) is 70.3 cm³/mol. The Morgan fingerprint density at radius 1 is 1.22 bits per heavy atom. The maximum Gasteiger partial charge on any atom is 0.258 e. The number of nitrogens with one attached hydrogen (secondary N) is 1. The van der Waals surface area contributed by atoms with Gasteiger partial charge in [0.15, 0.2) is 0 Å². The van der Waals surface area contributed by atoms with Gasteiger partial charge in [0.25, 0.3) is 5.91 Å². The Hall–Kier alpha value is -2.43. The number of aromatic nitrogens is 2. The molecule has 18 heavy (non-hydrogen) atoms. The van der Waals surface area contributed by atoms with Crippen molar-refractivity contribution in [2.75, 3.05) is 11.1 Å². The molecule has 0 aliphatic carbocycles. The lowest BCUT2D eigenvalue weighted by Gasteiger charge is -2.13. The van der Waals surface area contributed by atoms with Crippen LogP contribution in [0.15, 0.2) is 30.9 Å². The average molecular weight is 242 g/mol. The summed E-state index contributed by atoms with van der Waals surface area (Å²) in [6.07, 6.45) is 4.30. The molecule has 2 aromatic rings. The summed E-state index contributed by atoms with van der Waals surface area (Å²) in [5.41, 5.74) is 9.49. The largest absolute Gasteiger partial charge is 0.397 e. The second-order valence-corrected chi connectivity index (χ2v) is 4.05. The zero-order valence-corrected chi connectivity index (χ0v) is 10.3. The molecule has 0 atom stereocenters. The number of hydrogen-bond donors (Lipinski definition) is 2. The first-order valence-corrected chi connectivity index (χ1v) is 5.51. The van der Waals surface area contributed by atoms with E-state index in [0.29, 0.717) is 16.9 Å². The van der Waals surface area contributed by atoms with Gasteiger partial charge in [0, 0.05) is 12.4 Å². The summed E-state index contributed by atoms with van der Waals surface area (Å²) in [6.45, 7) is 3.89. The van der Waals surface area contributed by atoms with Gasteiger partial charge in [-0.1, -0.05) is 6.07 Å². The summed E-state index contributed by atoms with van der Waals surface area (Å²) in [6, 6.07) is 3.70. The molecule has 0 aliphatic rings. The zero-order valence-electron chi connectivity index (χ0n) is 10.3. The molecule has 5 heteroatoms. The summed E-state index contributed by atoms with van der Waals surface area (Å²) >= 11 is 0. The lowest BCUT2D eigenvalue weighted by atomic mass is 10.1. The standard InChI is InChI=1S/C13H14N4O/c1-8-3-4-11(14)12(9(8)2)17-13(18)10-5-15-7-16-6-10/h3-7H,14H2,1-2H3,(H,17,18). The van der Waals surface area contributed by atoms with Crippen LogP contribution in [-0.4, -0.2) is 15.9 Å². The van der Waals surface area contributed by atoms with Crippen molar-refractivity contribution in [3.63, 3.8) is 0 Å². The summed E-state index contributed by atoms with van der Waals surface area (Å²) in [4.78, 5) is 19.6. The maximum absolute atomic E-state index is 12.0. The number of hydrogen-bond acceptors (Lipinski definition) is 4. The molecule has 0 radical (unpaired) electrons. The van der Waals surface area contributed by atoms with Crippen LogP contribution in [0.4, 0.5) is 11.4 Å². The highest BCUT2D eigenvalue weighted by Gasteiger charge is 2.11. The van der Waals surface area contributed by atoms with E-state index in [9.17, 15) is 4.79 Å². The van der Waals surface area contributed by atoms with Crippen LogP contribution in [0.5, 0.6) is 0 Å². The number of nitrogen functional groups attached to an aromatic ring is 1. The van der Waals surface area contributed by atoms with Crippen molar-refractivity contribution in [1.29, 1.82) is 0 Å². The first kappa shape index (κ1) is 12.0. The SMILES string of the molecule is Cc1ccc(N)c(NC(=O)c2cncnc2)c1C. The molecule has 1 heterocycles. The molecule has 0 saturated carbocycles. The number of amides is 1. The lowest BCUT2D eigenvalue weighted by molar-refractivity contribution is 0.102. The first-order chi connectivity index (χ1) is 8.59. The van der Waals surface area contributed by atoms with Gasteiger partial charge in [0.05, 0.1) is 16.9 Å². The Labute approximate surface area is 105 Å². The van der Waals surface area contributed by atoms with Gasteiger partial charge < -0.3 is 11.1 Å². The topological polar surface area (TPSA) is 80.9 Å². The highest BCUT2D eigenvalue weighted by Crippen LogP contribution is 2.26. The first-order valence-electron chi connectivity index (χ1n) is 5.51. The average Bonchev–Trinajstić information content (AvgIpc) is 2.40. The van der Waals surface area contributed by atoms with Crippen LogP contribution in [0.1, 0.15) is 21.5 Å². The molecular formula is C13H14N4O. The summed E-state index contributed by atoms with van der Waals surface area (Å²) < 4.78 is 0. The number of benzene rings is 1. The quantitative estimate of drug-likeness (QED) is 0.788. The van der Waals surface area contributed by atoms with E-state index >= 15 is 0 Å². The number of anilines is 2. The van der Waals surface area contributed by atoms with Crippen LogP contribution < -0.4 is 11.1 Å². The third-order valence-corrected chi connectivity index (χ3v) is 2.83. The van der Waals surface area contributed by atoms with Crippen molar-refractivity contribution in [3.05, 3.63) is 47.5 Å². The van der Waals surface area contributed by atoms with E-state index in [2.05, 4.69) is 15.3 Å². The molecule has 0 unspecified atom stereocenters. The van der Waals surface area contributed by atoms with Crippen molar-refractivity contribution < 1.29 is 4.79 Å². The van der Waals surface area contributed by atoms with Gasteiger partial charge in [-0.15, -0.1) is 0 Å². The van der Waals surface area contributed by atoms with Crippen molar-refractivity contribution in [1.82, 2.24) is 9.97 Å². The molecule has 1 aromatic carbocycles. The van der Waals surface area contributed by atoms with Crippen molar-refractivity contribution in [3.8, 4) is 0 Å². The van der Waals surface area contributed by atoms with E-state index in [-0.39, 0.29) is 5.91 Å². The molecule has 0 fully saturated rings. The molecule has 0 saturated heterocycles. The smallest absolute Gasteiger partial charge is 0.258 e. The highest BCUT2D eigenvalue weighted by molar-refractivity contribution is 6.06. The van der Waals surface area contributed by atoms with Gasteiger partial charge in [-0.3, -0.25) is 4.79 Å². The van der Waals surface area contributed by atoms with Crippen LogP contribution in [0.2, 0.25) is 0 Å². The molecule has 2 rings (SSSR count). The predicted octanol–water partition coefficient (Wildman–Crippen LogP) is 1.93. The van der Waals surface area contributed by atoms with E-state index < -0.39 is 0 Å². The summed E-state index contributed by atoms with van der Waals surface area (Å²) in [5.74, 6) is -0.268. The summed E-state index contributed by atoms with van der Waals surface area (Å²) in [7, 11) is 0. The number of aryl methyl sites for hydroxylation is 1. The molecule has 0 aliphatic heterocycles. The van der Waals surface area contributed by atoms with Crippen LogP contribution in [0.25, 0.3) is 0 Å². The number of nitrogens with zero attached hydrogens (tertiary/aromatic N) is 2. The van der Waals surface area contributed by atoms with E-state index in [0.717, 1.165) is 11.1 Å². The van der Waals surface area contributed by atoms with Gasteiger partial charge in [-0.05, 0) is 31.0 Å². The second-order valence-electron chi connectivity index (χ2n) is 4.05. The lowest BCUT2D eigenvalue weighted by Crippen LogP contribution is -2.15. The maximum atomic E-state index is 12.0. The number of carbonyl (C=O) groups excluding carboxylic acids is 1. The van der Waals surface area contributed by atoms with Crippen molar-refractivity contribution >= 4 is 17.3 Å². The van der Waals surface area contributed by atoms with E-state index in [1.807, 2.05) is 19.9 Å². The Bertz CT molecular complexity index is 581. The van der Waals surface area contributed by atoms with Crippen LogP contribution in [0.3, 0.4) is 0 Å². The third-order valence-electron chi connectivity index (χ3n) is 2.83. The number of carbonyl (C=O) groups is 1. The van der Waals surface area contributed by atoms with Gasteiger partial charge in [-0.2, -0.15) is 0 Å². The molecule has 5 nitrogen and oxygen atoms in total. The normalized spacial score (nSPS) is 10.1. The number of rotatable bonds is 2.